The third-order valence-electron chi connectivity index (χ3n) is 3.91. The zero-order valence-corrected chi connectivity index (χ0v) is 14.7. The largest absolute Gasteiger partial charge is 0.465 e. The van der Waals surface area contributed by atoms with Crippen molar-refractivity contribution in [1.29, 1.82) is 0 Å². The van der Waals surface area contributed by atoms with E-state index in [2.05, 4.69) is 5.32 Å². The summed E-state index contributed by atoms with van der Waals surface area (Å²) in [6.45, 7) is 4.71. The van der Waals surface area contributed by atoms with Crippen molar-refractivity contribution < 1.29 is 33.9 Å². The molecule has 1 amide bonds. The van der Waals surface area contributed by atoms with Gasteiger partial charge in [-0.2, -0.15) is 0 Å². The first-order valence-electron chi connectivity index (χ1n) is 8.15. The van der Waals surface area contributed by atoms with E-state index >= 15 is 0 Å². The van der Waals surface area contributed by atoms with Crippen molar-refractivity contribution in [2.45, 2.75) is 33.0 Å². The zero-order valence-electron chi connectivity index (χ0n) is 14.7. The van der Waals surface area contributed by atoms with Crippen molar-refractivity contribution in [2.75, 3.05) is 19.8 Å². The highest BCUT2D eigenvalue weighted by molar-refractivity contribution is 6.46. The number of ether oxygens (including phenoxy) is 2. The molecule has 138 valence electrons. The Labute approximate surface area is 147 Å². The number of amides is 1. The third kappa shape index (κ3) is 4.49. The van der Waals surface area contributed by atoms with Crippen LogP contribution in [0.3, 0.4) is 0 Å². The number of esters is 2. The molecule has 0 aromatic carbocycles. The van der Waals surface area contributed by atoms with Crippen LogP contribution in [0.25, 0.3) is 0 Å². The van der Waals surface area contributed by atoms with Crippen LogP contribution in [0.5, 0.6) is 0 Å². The van der Waals surface area contributed by atoms with Crippen molar-refractivity contribution in [3.8, 4) is 0 Å². The van der Waals surface area contributed by atoms with Crippen LogP contribution in [-0.2, 0) is 23.9 Å². The molecule has 1 rings (SSSR count). The summed E-state index contributed by atoms with van der Waals surface area (Å²) in [6.07, 6.45) is 4.57. The molecule has 0 saturated carbocycles. The minimum Gasteiger partial charge on any atom is -0.465 e. The lowest BCUT2D eigenvalue weighted by atomic mass is 9.52. The van der Waals surface area contributed by atoms with Crippen LogP contribution < -0.4 is 5.32 Å². The van der Waals surface area contributed by atoms with Gasteiger partial charge in [-0.05, 0) is 25.8 Å². The monoisotopic (exact) mass is 353 g/mol. The standard InChI is InChI=1S/C16H24BNO7/c1-4-24-14(20)16(15(21)25-5-2)12(9-10-18-11(3)19)7-6-8-13(16)17(22)23/h6-8,13,22-23H,4-5,9-10H2,1-3H3,(H,18,19). The minimum absolute atomic E-state index is 0.0108. The molecule has 0 saturated heterocycles. The number of carbonyl (C=O) groups is 3. The lowest BCUT2D eigenvalue weighted by Crippen LogP contribution is -2.52. The van der Waals surface area contributed by atoms with E-state index in [-0.39, 0.29) is 32.1 Å². The SMILES string of the molecule is CCOC(=O)C1(C(=O)OCC)C(CCNC(C)=O)=CC=CC1B(O)O. The van der Waals surface area contributed by atoms with Gasteiger partial charge in [0.25, 0.3) is 0 Å². The Hall–Kier alpha value is -2.13. The topological polar surface area (TPSA) is 122 Å². The van der Waals surface area contributed by atoms with Crippen LogP contribution >= 0.6 is 0 Å². The second-order valence-corrected chi connectivity index (χ2v) is 5.50. The molecule has 1 aliphatic carbocycles. The average molecular weight is 353 g/mol. The second kappa shape index (κ2) is 9.38. The summed E-state index contributed by atoms with van der Waals surface area (Å²) in [5, 5.41) is 22.1. The molecule has 0 aromatic rings. The quantitative estimate of drug-likeness (QED) is 0.318. The Kier molecular flexibility index (Phi) is 7.85. The summed E-state index contributed by atoms with van der Waals surface area (Å²) >= 11 is 0. The molecule has 25 heavy (non-hydrogen) atoms. The number of allylic oxidation sites excluding steroid dienone is 3. The maximum Gasteiger partial charge on any atom is 0.460 e. The number of hydrogen-bond donors (Lipinski definition) is 3. The van der Waals surface area contributed by atoms with Crippen LogP contribution in [0.15, 0.2) is 23.8 Å². The van der Waals surface area contributed by atoms with E-state index in [1.807, 2.05) is 0 Å². The summed E-state index contributed by atoms with van der Waals surface area (Å²) < 4.78 is 10.1. The maximum absolute atomic E-state index is 12.8. The van der Waals surface area contributed by atoms with E-state index in [1.54, 1.807) is 13.8 Å². The smallest absolute Gasteiger partial charge is 0.460 e. The molecule has 0 fully saturated rings. The van der Waals surface area contributed by atoms with Gasteiger partial charge in [-0.25, -0.2) is 0 Å². The summed E-state index contributed by atoms with van der Waals surface area (Å²) in [7, 11) is -1.98. The minimum atomic E-state index is -2.01. The molecule has 0 aromatic heterocycles. The van der Waals surface area contributed by atoms with Crippen LogP contribution in [0.2, 0.25) is 5.82 Å². The van der Waals surface area contributed by atoms with Crippen molar-refractivity contribution in [2.24, 2.45) is 5.41 Å². The Morgan fingerprint density at radius 1 is 1.20 bits per heavy atom. The first-order chi connectivity index (χ1) is 11.8. The number of carbonyl (C=O) groups excluding carboxylic acids is 3. The first-order valence-corrected chi connectivity index (χ1v) is 8.15. The molecule has 8 nitrogen and oxygen atoms in total. The highest BCUT2D eigenvalue weighted by Crippen LogP contribution is 2.47. The lowest BCUT2D eigenvalue weighted by molar-refractivity contribution is -0.169. The van der Waals surface area contributed by atoms with Gasteiger partial charge in [-0.15, -0.1) is 0 Å². The van der Waals surface area contributed by atoms with E-state index < -0.39 is 30.3 Å². The molecule has 9 heteroatoms. The van der Waals surface area contributed by atoms with Crippen molar-refractivity contribution in [3.63, 3.8) is 0 Å². The number of nitrogens with one attached hydrogen (secondary N) is 1. The molecule has 0 heterocycles. The molecule has 1 aliphatic rings. The highest BCUT2D eigenvalue weighted by atomic mass is 16.6. The second-order valence-electron chi connectivity index (χ2n) is 5.50. The maximum atomic E-state index is 12.8. The van der Waals surface area contributed by atoms with Gasteiger partial charge in [-0.1, -0.05) is 18.2 Å². The molecule has 0 bridgehead atoms. The lowest BCUT2D eigenvalue weighted by Gasteiger charge is -2.38. The van der Waals surface area contributed by atoms with Gasteiger partial charge in [0.2, 0.25) is 5.91 Å². The predicted molar refractivity (Wildman–Crippen MR) is 90.2 cm³/mol. The normalized spacial score (nSPS) is 18.1. The number of rotatable bonds is 8. The van der Waals surface area contributed by atoms with E-state index in [0.29, 0.717) is 5.57 Å². The average Bonchev–Trinajstić information content (AvgIpc) is 2.54. The van der Waals surface area contributed by atoms with Gasteiger partial charge in [0.1, 0.15) is 0 Å². The number of hydrogen-bond acceptors (Lipinski definition) is 7. The molecular formula is C16H24BNO7. The van der Waals surface area contributed by atoms with Gasteiger partial charge in [0.15, 0.2) is 5.41 Å². The molecule has 3 N–H and O–H groups in total. The van der Waals surface area contributed by atoms with Gasteiger partial charge in [0, 0.05) is 19.3 Å². The Morgan fingerprint density at radius 2 is 1.76 bits per heavy atom. The molecule has 0 spiro atoms. The van der Waals surface area contributed by atoms with Crippen molar-refractivity contribution in [3.05, 3.63) is 23.8 Å². The van der Waals surface area contributed by atoms with E-state index in [1.165, 1.54) is 25.2 Å². The van der Waals surface area contributed by atoms with Crippen LogP contribution in [-0.4, -0.2) is 54.8 Å². The van der Waals surface area contributed by atoms with Gasteiger partial charge >= 0.3 is 19.1 Å². The van der Waals surface area contributed by atoms with Crippen molar-refractivity contribution >= 4 is 25.0 Å². The summed E-state index contributed by atoms with van der Waals surface area (Å²) in [6, 6.07) is 0. The first kappa shape index (κ1) is 20.9. The van der Waals surface area contributed by atoms with Gasteiger partial charge in [-0.3, -0.25) is 14.4 Å². The fraction of sp³-hybridized carbons (Fsp3) is 0.562. The third-order valence-corrected chi connectivity index (χ3v) is 3.91. The highest BCUT2D eigenvalue weighted by Gasteiger charge is 2.60. The molecule has 0 radical (unpaired) electrons. The Balaban J connectivity index is 3.38. The van der Waals surface area contributed by atoms with Crippen LogP contribution in [0.4, 0.5) is 0 Å². The van der Waals surface area contributed by atoms with E-state index in [9.17, 15) is 24.4 Å². The molecule has 1 unspecified atom stereocenters. The molecule has 1 atom stereocenters. The van der Waals surface area contributed by atoms with E-state index in [4.69, 9.17) is 9.47 Å². The summed E-state index contributed by atoms with van der Waals surface area (Å²) in [5.41, 5.74) is -1.72. The molecule has 0 aliphatic heterocycles. The molecular weight excluding hydrogens is 329 g/mol. The van der Waals surface area contributed by atoms with Crippen LogP contribution in [0, 0.1) is 5.41 Å². The van der Waals surface area contributed by atoms with Crippen molar-refractivity contribution in [1.82, 2.24) is 5.32 Å². The predicted octanol–water partition coefficient (Wildman–Crippen LogP) is -0.0356. The fourth-order valence-electron chi connectivity index (χ4n) is 2.87. The van der Waals surface area contributed by atoms with Gasteiger partial charge in [0.05, 0.1) is 13.2 Å². The summed E-state index contributed by atoms with van der Waals surface area (Å²) in [5.74, 6) is -3.35. The Bertz CT molecular complexity index is 553. The van der Waals surface area contributed by atoms with Crippen LogP contribution in [0.1, 0.15) is 27.2 Å². The fourth-order valence-corrected chi connectivity index (χ4v) is 2.87. The Morgan fingerprint density at radius 3 is 2.20 bits per heavy atom. The van der Waals surface area contributed by atoms with E-state index in [0.717, 1.165) is 0 Å². The van der Waals surface area contributed by atoms with Gasteiger partial charge < -0.3 is 24.8 Å². The zero-order chi connectivity index (χ0) is 19.0. The summed E-state index contributed by atoms with van der Waals surface area (Å²) in [4.78, 5) is 36.6.